The number of carbonyl (C=O) groups excluding carboxylic acids is 4. The minimum atomic E-state index is -0.422. The molecule has 2 aromatic rings. The summed E-state index contributed by atoms with van der Waals surface area (Å²) in [7, 11) is 0. The van der Waals surface area contributed by atoms with Crippen LogP contribution in [0.4, 0.5) is 5.69 Å². The van der Waals surface area contributed by atoms with Crippen LogP contribution in [0.25, 0.3) is 0 Å². The van der Waals surface area contributed by atoms with Gasteiger partial charge in [0.1, 0.15) is 0 Å². The first-order valence-electron chi connectivity index (χ1n) is 11.6. The first kappa shape index (κ1) is 23.8. The minimum absolute atomic E-state index is 0.0783. The molecule has 0 saturated carbocycles. The van der Waals surface area contributed by atoms with Gasteiger partial charge in [-0.2, -0.15) is 0 Å². The molecular formula is C23H28N6O4S. The summed E-state index contributed by atoms with van der Waals surface area (Å²) in [5.74, 6) is -0.925. The van der Waals surface area contributed by atoms with Crippen LogP contribution < -0.4 is 10.6 Å². The van der Waals surface area contributed by atoms with E-state index in [1.54, 1.807) is 17.0 Å². The van der Waals surface area contributed by atoms with Gasteiger partial charge in [0.05, 0.1) is 5.92 Å². The summed E-state index contributed by atoms with van der Waals surface area (Å²) >= 11 is 0.942. The summed E-state index contributed by atoms with van der Waals surface area (Å²) in [4.78, 5) is 53.0. The maximum Gasteiger partial charge on any atom is 0.286 e. The summed E-state index contributed by atoms with van der Waals surface area (Å²) in [5.41, 5.74) is 0.632. The highest BCUT2D eigenvalue weighted by Gasteiger charge is 2.31. The molecule has 4 amide bonds. The molecule has 1 aromatic heterocycles. The smallest absolute Gasteiger partial charge is 0.286 e. The summed E-state index contributed by atoms with van der Waals surface area (Å²) in [6.45, 7) is 2.80. The quantitative estimate of drug-likeness (QED) is 0.550. The normalized spacial score (nSPS) is 18.1. The predicted molar refractivity (Wildman–Crippen MR) is 126 cm³/mol. The topological polar surface area (TPSA) is 125 Å². The van der Waals surface area contributed by atoms with Crippen LogP contribution in [0.15, 0.2) is 30.3 Å². The third kappa shape index (κ3) is 5.96. The molecule has 3 heterocycles. The molecule has 0 aliphatic carbocycles. The largest absolute Gasteiger partial charge is 0.356 e. The number of hydrogen-bond acceptors (Lipinski definition) is 7. The maximum atomic E-state index is 12.9. The number of hydrogen-bond donors (Lipinski definition) is 2. The third-order valence-corrected chi connectivity index (χ3v) is 6.90. The lowest BCUT2D eigenvalue weighted by atomic mass is 9.97. The summed E-state index contributed by atoms with van der Waals surface area (Å²) in [5, 5.41) is 13.7. The fraction of sp³-hybridized carbons (Fsp3) is 0.478. The van der Waals surface area contributed by atoms with E-state index < -0.39 is 5.91 Å². The van der Waals surface area contributed by atoms with Crippen molar-refractivity contribution >= 4 is 40.7 Å². The van der Waals surface area contributed by atoms with E-state index >= 15 is 0 Å². The van der Waals surface area contributed by atoms with Gasteiger partial charge in [0, 0.05) is 44.8 Å². The number of para-hydroxylation sites is 1. The van der Waals surface area contributed by atoms with Crippen LogP contribution in [0.2, 0.25) is 0 Å². The van der Waals surface area contributed by atoms with Crippen molar-refractivity contribution in [1.29, 1.82) is 0 Å². The molecule has 34 heavy (non-hydrogen) atoms. The second-order valence-corrected chi connectivity index (χ2v) is 9.43. The molecule has 1 aromatic carbocycles. The van der Waals surface area contributed by atoms with Crippen molar-refractivity contribution in [1.82, 2.24) is 25.3 Å². The highest BCUT2D eigenvalue weighted by Crippen LogP contribution is 2.21. The van der Waals surface area contributed by atoms with Gasteiger partial charge in [0.2, 0.25) is 21.8 Å². The van der Waals surface area contributed by atoms with Crippen LogP contribution >= 0.6 is 11.3 Å². The number of rotatable bonds is 8. The van der Waals surface area contributed by atoms with Gasteiger partial charge in [-0.15, -0.1) is 10.2 Å². The molecule has 0 unspecified atom stereocenters. The van der Waals surface area contributed by atoms with Crippen molar-refractivity contribution in [2.75, 3.05) is 38.0 Å². The first-order chi connectivity index (χ1) is 16.5. The van der Waals surface area contributed by atoms with Crippen LogP contribution in [0.5, 0.6) is 0 Å². The number of benzene rings is 1. The van der Waals surface area contributed by atoms with Gasteiger partial charge in [0.25, 0.3) is 11.8 Å². The highest BCUT2D eigenvalue weighted by atomic mass is 32.1. The Bertz CT molecular complexity index is 1040. The molecule has 11 heteroatoms. The minimum Gasteiger partial charge on any atom is -0.356 e. The first-order valence-corrected chi connectivity index (χ1v) is 12.4. The lowest BCUT2D eigenvalue weighted by Gasteiger charge is -2.31. The average Bonchev–Trinajstić information content (AvgIpc) is 3.51. The Hall–Kier alpha value is -3.34. The van der Waals surface area contributed by atoms with Crippen LogP contribution in [0, 0.1) is 5.92 Å². The Kier molecular flexibility index (Phi) is 7.84. The molecule has 10 nitrogen and oxygen atoms in total. The number of piperidine rings is 1. The Balaban J connectivity index is 1.25. The lowest BCUT2D eigenvalue weighted by molar-refractivity contribution is -0.127. The number of aromatic nitrogens is 2. The zero-order valence-corrected chi connectivity index (χ0v) is 19.7. The van der Waals surface area contributed by atoms with Crippen molar-refractivity contribution < 1.29 is 19.2 Å². The van der Waals surface area contributed by atoms with Gasteiger partial charge in [-0.25, -0.2) is 0 Å². The molecule has 4 rings (SSSR count). The molecule has 2 N–H and O–H groups in total. The van der Waals surface area contributed by atoms with E-state index in [1.165, 1.54) is 0 Å². The maximum absolute atomic E-state index is 12.9. The van der Waals surface area contributed by atoms with Crippen LogP contribution in [-0.2, 0) is 9.59 Å². The number of amides is 4. The van der Waals surface area contributed by atoms with Crippen molar-refractivity contribution in [3.05, 3.63) is 40.3 Å². The Morgan fingerprint density at radius 2 is 1.85 bits per heavy atom. The van der Waals surface area contributed by atoms with E-state index in [1.807, 2.05) is 23.1 Å². The number of nitrogens with one attached hydrogen (secondary N) is 2. The standard InChI is InChI=1S/C23H28N6O4S/c30-18-10-5-12-28(18)14-6-11-24-19(31)16-7-4-13-29(15-16)23(33)22-27-26-21(34-22)20(32)25-17-8-2-1-3-9-17/h1-3,8-9,16H,4-7,10-15H2,(H,24,31)(H,25,32)/t16-/m0/s1. The molecule has 0 spiro atoms. The van der Waals surface area contributed by atoms with Crippen LogP contribution in [-0.4, -0.2) is 76.3 Å². The zero-order valence-electron chi connectivity index (χ0n) is 18.9. The second-order valence-electron chi connectivity index (χ2n) is 8.45. The summed E-state index contributed by atoms with van der Waals surface area (Å²) in [6.07, 6.45) is 3.66. The van der Waals surface area contributed by atoms with Crippen LogP contribution in [0.1, 0.15) is 51.7 Å². The molecular weight excluding hydrogens is 456 g/mol. The number of carbonyl (C=O) groups is 4. The molecule has 2 fully saturated rings. The van der Waals surface area contributed by atoms with E-state index in [-0.39, 0.29) is 33.7 Å². The van der Waals surface area contributed by atoms with Gasteiger partial charge in [-0.1, -0.05) is 29.5 Å². The second kappa shape index (κ2) is 11.2. The zero-order chi connectivity index (χ0) is 23.9. The van der Waals surface area contributed by atoms with Gasteiger partial charge in [-0.05, 0) is 37.8 Å². The number of anilines is 1. The fourth-order valence-corrected chi connectivity index (χ4v) is 4.89. The van der Waals surface area contributed by atoms with Crippen LogP contribution in [0.3, 0.4) is 0 Å². The van der Waals surface area contributed by atoms with Gasteiger partial charge in [-0.3, -0.25) is 19.2 Å². The van der Waals surface area contributed by atoms with Crippen molar-refractivity contribution in [3.8, 4) is 0 Å². The van der Waals surface area contributed by atoms with Crippen molar-refractivity contribution in [2.45, 2.75) is 32.1 Å². The van der Waals surface area contributed by atoms with E-state index in [9.17, 15) is 19.2 Å². The predicted octanol–water partition coefficient (Wildman–Crippen LogP) is 1.77. The van der Waals surface area contributed by atoms with E-state index in [0.29, 0.717) is 57.5 Å². The fourth-order valence-electron chi connectivity index (χ4n) is 4.18. The lowest BCUT2D eigenvalue weighted by Crippen LogP contribution is -2.45. The molecule has 2 aliphatic heterocycles. The van der Waals surface area contributed by atoms with E-state index in [2.05, 4.69) is 20.8 Å². The Labute approximate surface area is 201 Å². The molecule has 2 saturated heterocycles. The van der Waals surface area contributed by atoms with Gasteiger partial charge >= 0.3 is 0 Å². The van der Waals surface area contributed by atoms with Gasteiger partial charge < -0.3 is 20.4 Å². The van der Waals surface area contributed by atoms with E-state index in [4.69, 9.17) is 0 Å². The highest BCUT2D eigenvalue weighted by molar-refractivity contribution is 7.15. The monoisotopic (exact) mass is 484 g/mol. The van der Waals surface area contributed by atoms with Crippen molar-refractivity contribution in [3.63, 3.8) is 0 Å². The number of likely N-dealkylation sites (tertiary alicyclic amines) is 2. The molecule has 1 atom stereocenters. The molecule has 0 bridgehead atoms. The van der Waals surface area contributed by atoms with Gasteiger partial charge in [0.15, 0.2) is 0 Å². The molecule has 2 aliphatic rings. The molecule has 180 valence electrons. The Morgan fingerprint density at radius 1 is 1.06 bits per heavy atom. The van der Waals surface area contributed by atoms with Crippen molar-refractivity contribution in [2.24, 2.45) is 5.92 Å². The Morgan fingerprint density at radius 3 is 2.62 bits per heavy atom. The van der Waals surface area contributed by atoms with E-state index in [0.717, 1.165) is 24.3 Å². The summed E-state index contributed by atoms with van der Waals surface area (Å²) < 4.78 is 0. The summed E-state index contributed by atoms with van der Waals surface area (Å²) in [6, 6.07) is 8.98. The molecule has 0 radical (unpaired) electrons. The number of nitrogens with zero attached hydrogens (tertiary/aromatic N) is 4. The average molecular weight is 485 g/mol. The SMILES string of the molecule is O=C(Nc1ccccc1)c1nnc(C(=O)N2CCC[C@H](C(=O)NCCCN3CCCC3=O)C2)s1. The third-order valence-electron chi connectivity index (χ3n) is 5.99.